The Morgan fingerprint density at radius 2 is 2.16 bits per heavy atom. The van der Waals surface area contributed by atoms with Crippen molar-refractivity contribution in [2.75, 3.05) is 13.1 Å². The van der Waals surface area contributed by atoms with Crippen molar-refractivity contribution in [1.29, 1.82) is 0 Å². The van der Waals surface area contributed by atoms with Gasteiger partial charge in [0.25, 0.3) is 0 Å². The van der Waals surface area contributed by atoms with E-state index in [4.69, 9.17) is 11.6 Å². The van der Waals surface area contributed by atoms with Crippen molar-refractivity contribution < 1.29 is 9.90 Å². The van der Waals surface area contributed by atoms with E-state index in [2.05, 4.69) is 4.90 Å². The lowest BCUT2D eigenvalue weighted by Gasteiger charge is -2.29. The van der Waals surface area contributed by atoms with E-state index < -0.39 is 11.4 Å². The maximum absolute atomic E-state index is 11.6. The maximum Gasteiger partial charge on any atom is 0.311 e. The summed E-state index contributed by atoms with van der Waals surface area (Å²) < 4.78 is 0. The second-order valence-electron chi connectivity index (χ2n) is 5.67. The molecule has 1 fully saturated rings. The van der Waals surface area contributed by atoms with E-state index in [1.165, 1.54) is 0 Å². The monoisotopic (exact) mass is 281 g/mol. The summed E-state index contributed by atoms with van der Waals surface area (Å²) in [4.78, 5) is 13.8. The van der Waals surface area contributed by atoms with E-state index in [9.17, 15) is 9.90 Å². The number of carbonyl (C=O) groups is 1. The van der Waals surface area contributed by atoms with Crippen LogP contribution >= 0.6 is 11.6 Å². The number of likely N-dealkylation sites (tertiary alicyclic amines) is 1. The van der Waals surface area contributed by atoms with E-state index in [0.717, 1.165) is 23.7 Å². The minimum atomic E-state index is -0.677. The van der Waals surface area contributed by atoms with E-state index >= 15 is 0 Å². The molecule has 0 spiro atoms. The molecule has 2 rings (SSSR count). The van der Waals surface area contributed by atoms with Gasteiger partial charge in [-0.15, -0.1) is 0 Å². The Kier molecular flexibility index (Phi) is 4.16. The Bertz CT molecular complexity index is 475. The number of hydrogen-bond acceptors (Lipinski definition) is 2. The number of carboxylic acid groups (broad SMARTS) is 1. The van der Waals surface area contributed by atoms with Crippen LogP contribution in [0.4, 0.5) is 0 Å². The molecular weight excluding hydrogens is 262 g/mol. The number of rotatable bonds is 4. The van der Waals surface area contributed by atoms with Crippen molar-refractivity contribution in [2.45, 2.75) is 26.8 Å². The molecule has 0 aromatic heterocycles. The summed E-state index contributed by atoms with van der Waals surface area (Å²) in [5.41, 5.74) is 0.454. The first-order valence-corrected chi connectivity index (χ1v) is 7.02. The molecule has 1 aromatic rings. The second kappa shape index (κ2) is 5.51. The topological polar surface area (TPSA) is 40.5 Å². The summed E-state index contributed by atoms with van der Waals surface area (Å²) in [6.07, 6.45) is 0.713. The standard InChI is InChI=1S/C15H20ClNO2/c1-11(2)15(14(18)19)7-8-17(10-15)9-12-5-3-4-6-13(12)16/h3-6,11H,7-10H2,1-2H3,(H,18,19). The van der Waals surface area contributed by atoms with Gasteiger partial charge in [0.05, 0.1) is 5.41 Å². The minimum Gasteiger partial charge on any atom is -0.481 e. The van der Waals surface area contributed by atoms with Gasteiger partial charge in [-0.05, 0) is 30.5 Å². The number of aliphatic carboxylic acids is 1. The summed E-state index contributed by atoms with van der Waals surface area (Å²) in [6.45, 7) is 6.13. The molecular formula is C15H20ClNO2. The quantitative estimate of drug-likeness (QED) is 0.921. The third-order valence-electron chi connectivity index (χ3n) is 4.26. The van der Waals surface area contributed by atoms with Gasteiger partial charge >= 0.3 is 5.97 Å². The Hall–Kier alpha value is -1.06. The molecule has 0 amide bonds. The van der Waals surface area contributed by atoms with Gasteiger partial charge in [-0.3, -0.25) is 9.69 Å². The van der Waals surface area contributed by atoms with E-state index in [1.54, 1.807) is 0 Å². The Morgan fingerprint density at radius 1 is 1.47 bits per heavy atom. The molecule has 0 aliphatic carbocycles. The fraction of sp³-hybridized carbons (Fsp3) is 0.533. The first-order valence-electron chi connectivity index (χ1n) is 6.65. The Labute approximate surface area is 119 Å². The lowest BCUT2D eigenvalue weighted by atomic mass is 9.76. The molecule has 1 heterocycles. The van der Waals surface area contributed by atoms with Gasteiger partial charge < -0.3 is 5.11 Å². The first-order chi connectivity index (χ1) is 8.95. The number of benzene rings is 1. The van der Waals surface area contributed by atoms with Crippen LogP contribution in [-0.2, 0) is 11.3 Å². The lowest BCUT2D eigenvalue weighted by molar-refractivity contribution is -0.151. The first kappa shape index (κ1) is 14.4. The molecule has 4 heteroatoms. The highest BCUT2D eigenvalue weighted by Gasteiger charge is 2.47. The summed E-state index contributed by atoms with van der Waals surface area (Å²) in [5, 5.41) is 10.3. The smallest absolute Gasteiger partial charge is 0.311 e. The highest BCUT2D eigenvalue weighted by atomic mass is 35.5. The second-order valence-corrected chi connectivity index (χ2v) is 6.08. The van der Waals surface area contributed by atoms with Crippen molar-refractivity contribution in [3.05, 3.63) is 34.9 Å². The van der Waals surface area contributed by atoms with Gasteiger partial charge in [-0.25, -0.2) is 0 Å². The van der Waals surface area contributed by atoms with Crippen molar-refractivity contribution >= 4 is 17.6 Å². The maximum atomic E-state index is 11.6. The summed E-state index contributed by atoms with van der Waals surface area (Å²) in [5.74, 6) is -0.537. The van der Waals surface area contributed by atoms with Gasteiger partial charge in [0.15, 0.2) is 0 Å². The van der Waals surface area contributed by atoms with Crippen molar-refractivity contribution in [2.24, 2.45) is 11.3 Å². The largest absolute Gasteiger partial charge is 0.481 e. The molecule has 1 atom stereocenters. The SMILES string of the molecule is CC(C)C1(C(=O)O)CCN(Cc2ccccc2Cl)C1. The van der Waals surface area contributed by atoms with Crippen LogP contribution < -0.4 is 0 Å². The van der Waals surface area contributed by atoms with Gasteiger partial charge in [0, 0.05) is 18.1 Å². The molecule has 1 unspecified atom stereocenters. The molecule has 1 aliphatic heterocycles. The molecule has 1 N–H and O–H groups in total. The van der Waals surface area contributed by atoms with E-state index in [-0.39, 0.29) is 5.92 Å². The van der Waals surface area contributed by atoms with Gasteiger partial charge in [0.2, 0.25) is 0 Å². The fourth-order valence-corrected chi connectivity index (χ4v) is 3.01. The van der Waals surface area contributed by atoms with Crippen LogP contribution in [0.15, 0.2) is 24.3 Å². The van der Waals surface area contributed by atoms with Crippen LogP contribution in [0.3, 0.4) is 0 Å². The fourth-order valence-electron chi connectivity index (χ4n) is 2.81. The molecule has 104 valence electrons. The highest BCUT2D eigenvalue weighted by Crippen LogP contribution is 2.38. The average molecular weight is 282 g/mol. The normalized spacial score (nSPS) is 24.0. The predicted molar refractivity (Wildman–Crippen MR) is 76.3 cm³/mol. The zero-order valence-corrected chi connectivity index (χ0v) is 12.2. The number of nitrogens with zero attached hydrogens (tertiary/aromatic N) is 1. The zero-order chi connectivity index (χ0) is 14.0. The molecule has 1 aliphatic rings. The third kappa shape index (κ3) is 2.77. The van der Waals surface area contributed by atoms with Gasteiger partial charge in [0.1, 0.15) is 0 Å². The van der Waals surface area contributed by atoms with Crippen LogP contribution in [0, 0.1) is 11.3 Å². The van der Waals surface area contributed by atoms with Crippen LogP contribution in [0.5, 0.6) is 0 Å². The molecule has 0 radical (unpaired) electrons. The number of halogens is 1. The van der Waals surface area contributed by atoms with Crippen molar-refractivity contribution in [3.8, 4) is 0 Å². The molecule has 1 saturated heterocycles. The van der Waals surface area contributed by atoms with Crippen LogP contribution in [0.1, 0.15) is 25.8 Å². The lowest BCUT2D eigenvalue weighted by Crippen LogP contribution is -2.39. The number of carboxylic acids is 1. The van der Waals surface area contributed by atoms with Gasteiger partial charge in [-0.1, -0.05) is 43.6 Å². The predicted octanol–water partition coefficient (Wildman–Crippen LogP) is 3.27. The Morgan fingerprint density at radius 3 is 2.68 bits per heavy atom. The Balaban J connectivity index is 2.10. The summed E-state index contributed by atoms with van der Waals surface area (Å²) in [6, 6.07) is 7.74. The van der Waals surface area contributed by atoms with Crippen molar-refractivity contribution in [1.82, 2.24) is 4.90 Å². The van der Waals surface area contributed by atoms with Crippen LogP contribution in [-0.4, -0.2) is 29.1 Å². The molecule has 0 saturated carbocycles. The highest BCUT2D eigenvalue weighted by molar-refractivity contribution is 6.31. The third-order valence-corrected chi connectivity index (χ3v) is 4.63. The van der Waals surface area contributed by atoms with Crippen LogP contribution in [0.2, 0.25) is 5.02 Å². The average Bonchev–Trinajstić information content (AvgIpc) is 2.77. The van der Waals surface area contributed by atoms with Gasteiger partial charge in [-0.2, -0.15) is 0 Å². The molecule has 0 bridgehead atoms. The zero-order valence-electron chi connectivity index (χ0n) is 11.4. The van der Waals surface area contributed by atoms with E-state index in [0.29, 0.717) is 13.0 Å². The molecule has 3 nitrogen and oxygen atoms in total. The van der Waals surface area contributed by atoms with Crippen LogP contribution in [0.25, 0.3) is 0 Å². The summed E-state index contributed by atoms with van der Waals surface area (Å²) in [7, 11) is 0. The molecule has 19 heavy (non-hydrogen) atoms. The number of hydrogen-bond donors (Lipinski definition) is 1. The van der Waals surface area contributed by atoms with E-state index in [1.807, 2.05) is 38.1 Å². The van der Waals surface area contributed by atoms with Crippen molar-refractivity contribution in [3.63, 3.8) is 0 Å². The summed E-state index contributed by atoms with van der Waals surface area (Å²) >= 11 is 6.16. The minimum absolute atomic E-state index is 0.140. The molecule has 1 aromatic carbocycles.